The first-order valence-electron chi connectivity index (χ1n) is 9.37. The van der Waals surface area contributed by atoms with Crippen LogP contribution >= 0.6 is 0 Å². The van der Waals surface area contributed by atoms with Gasteiger partial charge in [0.2, 0.25) is 11.8 Å². The van der Waals surface area contributed by atoms with Crippen LogP contribution in [0.25, 0.3) is 11.5 Å². The topological polar surface area (TPSA) is 58.3 Å². The van der Waals surface area contributed by atoms with Gasteiger partial charge in [-0.3, -0.25) is 4.90 Å². The minimum atomic E-state index is -4.37. The van der Waals surface area contributed by atoms with E-state index in [1.807, 2.05) is 35.2 Å². The van der Waals surface area contributed by atoms with E-state index in [1.165, 1.54) is 6.07 Å². The summed E-state index contributed by atoms with van der Waals surface area (Å²) in [6.45, 7) is 3.49. The monoisotopic (exact) mass is 403 g/mol. The Morgan fingerprint density at radius 3 is 2.48 bits per heavy atom. The molecule has 3 heterocycles. The van der Waals surface area contributed by atoms with Crippen LogP contribution in [-0.4, -0.2) is 46.3 Å². The molecule has 0 saturated carbocycles. The molecule has 0 radical (unpaired) electrons. The third-order valence-corrected chi connectivity index (χ3v) is 4.83. The van der Waals surface area contributed by atoms with Crippen LogP contribution in [0.4, 0.5) is 19.0 Å². The van der Waals surface area contributed by atoms with Gasteiger partial charge in [0.05, 0.1) is 12.1 Å². The van der Waals surface area contributed by atoms with Crippen LogP contribution in [0.15, 0.2) is 53.1 Å². The number of rotatable bonds is 4. The van der Waals surface area contributed by atoms with Crippen molar-refractivity contribution >= 4 is 5.82 Å². The first-order chi connectivity index (χ1) is 14.0. The lowest BCUT2D eigenvalue weighted by molar-refractivity contribution is -0.137. The molecule has 4 rings (SSSR count). The van der Waals surface area contributed by atoms with Crippen molar-refractivity contribution in [2.45, 2.75) is 19.1 Å². The third kappa shape index (κ3) is 4.73. The van der Waals surface area contributed by atoms with Crippen molar-refractivity contribution in [1.29, 1.82) is 0 Å². The van der Waals surface area contributed by atoms with Crippen LogP contribution in [0.3, 0.4) is 0 Å². The van der Waals surface area contributed by atoms with Crippen molar-refractivity contribution in [2.24, 2.45) is 0 Å². The number of benzene rings is 1. The molecule has 1 aliphatic heterocycles. The van der Waals surface area contributed by atoms with Gasteiger partial charge in [-0.15, -0.1) is 10.2 Å². The maximum absolute atomic E-state index is 12.7. The van der Waals surface area contributed by atoms with Gasteiger partial charge in [-0.2, -0.15) is 13.2 Å². The molecule has 1 fully saturated rings. The normalized spacial score (nSPS) is 16.0. The minimum absolute atomic E-state index is 0.492. The fourth-order valence-electron chi connectivity index (χ4n) is 3.31. The highest BCUT2D eigenvalue weighted by Crippen LogP contribution is 2.29. The second kappa shape index (κ2) is 8.20. The summed E-state index contributed by atoms with van der Waals surface area (Å²) in [4.78, 5) is 8.21. The number of anilines is 1. The van der Waals surface area contributed by atoms with E-state index < -0.39 is 11.7 Å². The summed E-state index contributed by atoms with van der Waals surface area (Å²) in [6.07, 6.45) is -2.62. The molecule has 6 nitrogen and oxygen atoms in total. The zero-order valence-corrected chi connectivity index (χ0v) is 15.6. The molecule has 2 aromatic heterocycles. The SMILES string of the molecule is FC(F)(F)c1ccc(N2CCCN(Cc3nnc(-c4ccccc4)o3)CC2)nc1. The van der Waals surface area contributed by atoms with Gasteiger partial charge in [0.15, 0.2) is 0 Å². The second-order valence-corrected chi connectivity index (χ2v) is 6.89. The van der Waals surface area contributed by atoms with Gasteiger partial charge in [0.25, 0.3) is 0 Å². The molecular formula is C20H20F3N5O. The average molecular weight is 403 g/mol. The predicted molar refractivity (Wildman–Crippen MR) is 101 cm³/mol. The molecule has 3 aromatic rings. The summed E-state index contributed by atoms with van der Waals surface area (Å²) < 4.78 is 43.9. The van der Waals surface area contributed by atoms with E-state index in [-0.39, 0.29) is 0 Å². The molecule has 152 valence electrons. The Morgan fingerprint density at radius 2 is 1.76 bits per heavy atom. The predicted octanol–water partition coefficient (Wildman–Crippen LogP) is 3.86. The maximum Gasteiger partial charge on any atom is 0.417 e. The van der Waals surface area contributed by atoms with Gasteiger partial charge in [0.1, 0.15) is 5.82 Å². The zero-order valence-electron chi connectivity index (χ0n) is 15.6. The largest absolute Gasteiger partial charge is 0.419 e. The Bertz CT molecular complexity index is 927. The van der Waals surface area contributed by atoms with Gasteiger partial charge in [-0.25, -0.2) is 4.98 Å². The van der Waals surface area contributed by atoms with Crippen LogP contribution in [-0.2, 0) is 12.7 Å². The van der Waals surface area contributed by atoms with Crippen molar-refractivity contribution in [3.8, 4) is 11.5 Å². The van der Waals surface area contributed by atoms with Gasteiger partial charge in [-0.05, 0) is 30.7 Å². The van der Waals surface area contributed by atoms with E-state index in [0.29, 0.717) is 30.7 Å². The fraction of sp³-hybridized carbons (Fsp3) is 0.350. The van der Waals surface area contributed by atoms with E-state index in [2.05, 4.69) is 20.1 Å². The van der Waals surface area contributed by atoms with Gasteiger partial charge in [0, 0.05) is 37.9 Å². The lowest BCUT2D eigenvalue weighted by Gasteiger charge is -2.22. The molecular weight excluding hydrogens is 383 g/mol. The fourth-order valence-corrected chi connectivity index (χ4v) is 3.31. The molecule has 0 bridgehead atoms. The lowest BCUT2D eigenvalue weighted by atomic mass is 10.2. The second-order valence-electron chi connectivity index (χ2n) is 6.89. The van der Waals surface area contributed by atoms with Gasteiger partial charge in [-0.1, -0.05) is 18.2 Å². The number of pyridine rings is 1. The minimum Gasteiger partial charge on any atom is -0.419 e. The molecule has 0 atom stereocenters. The highest BCUT2D eigenvalue weighted by Gasteiger charge is 2.31. The number of halogens is 3. The zero-order chi connectivity index (χ0) is 20.3. The van der Waals surface area contributed by atoms with Crippen molar-refractivity contribution in [3.63, 3.8) is 0 Å². The molecule has 9 heteroatoms. The highest BCUT2D eigenvalue weighted by molar-refractivity contribution is 5.51. The van der Waals surface area contributed by atoms with Crippen molar-refractivity contribution in [2.75, 3.05) is 31.1 Å². The molecule has 0 amide bonds. The van der Waals surface area contributed by atoms with Crippen LogP contribution in [0.5, 0.6) is 0 Å². The van der Waals surface area contributed by atoms with E-state index in [1.54, 1.807) is 0 Å². The summed E-state index contributed by atoms with van der Waals surface area (Å²) in [5.41, 5.74) is 0.144. The molecule has 1 aromatic carbocycles. The van der Waals surface area contributed by atoms with E-state index >= 15 is 0 Å². The number of alkyl halides is 3. The van der Waals surface area contributed by atoms with Gasteiger partial charge >= 0.3 is 6.18 Å². The quantitative estimate of drug-likeness (QED) is 0.659. The first kappa shape index (κ1) is 19.4. The van der Waals surface area contributed by atoms with Crippen molar-refractivity contribution < 1.29 is 17.6 Å². The van der Waals surface area contributed by atoms with E-state index in [0.717, 1.165) is 43.9 Å². The highest BCUT2D eigenvalue weighted by atomic mass is 19.4. The van der Waals surface area contributed by atoms with Crippen LogP contribution in [0.1, 0.15) is 17.9 Å². The van der Waals surface area contributed by atoms with Gasteiger partial charge < -0.3 is 9.32 Å². The van der Waals surface area contributed by atoms with Crippen LogP contribution < -0.4 is 4.90 Å². The Labute approximate surface area is 166 Å². The maximum atomic E-state index is 12.7. The molecule has 0 spiro atoms. The molecule has 29 heavy (non-hydrogen) atoms. The van der Waals surface area contributed by atoms with Crippen LogP contribution in [0, 0.1) is 0 Å². The Balaban J connectivity index is 1.36. The third-order valence-electron chi connectivity index (χ3n) is 4.83. The lowest BCUT2D eigenvalue weighted by Crippen LogP contribution is -2.31. The Hall–Kier alpha value is -2.94. The summed E-state index contributed by atoms with van der Waals surface area (Å²) in [5, 5.41) is 8.25. The van der Waals surface area contributed by atoms with E-state index in [4.69, 9.17) is 4.42 Å². The molecule has 1 aliphatic rings. The Kier molecular flexibility index (Phi) is 5.48. The molecule has 0 unspecified atom stereocenters. The first-order valence-corrected chi connectivity index (χ1v) is 9.37. The number of hydrogen-bond acceptors (Lipinski definition) is 6. The molecule has 0 aliphatic carbocycles. The summed E-state index contributed by atoms with van der Waals surface area (Å²) in [7, 11) is 0. The summed E-state index contributed by atoms with van der Waals surface area (Å²) in [5.74, 6) is 1.60. The van der Waals surface area contributed by atoms with E-state index in [9.17, 15) is 13.2 Å². The van der Waals surface area contributed by atoms with Crippen molar-refractivity contribution in [3.05, 3.63) is 60.1 Å². The average Bonchev–Trinajstić information content (AvgIpc) is 3.06. The summed E-state index contributed by atoms with van der Waals surface area (Å²) >= 11 is 0. The smallest absolute Gasteiger partial charge is 0.417 e. The van der Waals surface area contributed by atoms with Crippen LogP contribution in [0.2, 0.25) is 0 Å². The van der Waals surface area contributed by atoms with Crippen molar-refractivity contribution in [1.82, 2.24) is 20.1 Å². The number of aromatic nitrogens is 3. The summed E-state index contributed by atoms with van der Waals surface area (Å²) in [6, 6.07) is 12.1. The Morgan fingerprint density at radius 1 is 0.931 bits per heavy atom. The number of nitrogens with zero attached hydrogens (tertiary/aromatic N) is 5. The number of hydrogen-bond donors (Lipinski definition) is 0. The standard InChI is InChI=1S/C20H20F3N5O/c21-20(22,23)16-7-8-17(24-13-16)28-10-4-9-27(11-12-28)14-18-25-26-19(29-18)15-5-2-1-3-6-15/h1-3,5-8,13H,4,9-12,14H2. The molecule has 0 N–H and O–H groups in total. The molecule has 1 saturated heterocycles.